The standard InChI is InChI=1S/C13H14ClNOS/c14-11-5-3-10(4-6-11)13(16)9-15-8-12-2-1-7-17-12/h1-7,13,15-16H,8-9H2. The molecule has 4 heteroatoms. The van der Waals surface area contributed by atoms with E-state index in [1.807, 2.05) is 23.6 Å². The Morgan fingerprint density at radius 1 is 1.24 bits per heavy atom. The highest BCUT2D eigenvalue weighted by molar-refractivity contribution is 7.09. The zero-order chi connectivity index (χ0) is 12.1. The third-order valence-electron chi connectivity index (χ3n) is 2.47. The van der Waals surface area contributed by atoms with Gasteiger partial charge in [-0.2, -0.15) is 0 Å². The van der Waals surface area contributed by atoms with Gasteiger partial charge in [0.25, 0.3) is 0 Å². The van der Waals surface area contributed by atoms with Gasteiger partial charge < -0.3 is 10.4 Å². The second-order valence-corrected chi connectivity index (χ2v) is 5.25. The molecule has 1 atom stereocenters. The van der Waals surface area contributed by atoms with Gasteiger partial charge in [0.05, 0.1) is 6.10 Å². The molecule has 0 saturated carbocycles. The van der Waals surface area contributed by atoms with Gasteiger partial charge in [-0.1, -0.05) is 29.8 Å². The molecule has 0 amide bonds. The first-order valence-corrected chi connectivity index (χ1v) is 6.68. The number of halogens is 1. The van der Waals surface area contributed by atoms with Gasteiger partial charge in [0.2, 0.25) is 0 Å². The van der Waals surface area contributed by atoms with Crippen molar-refractivity contribution in [3.8, 4) is 0 Å². The molecule has 17 heavy (non-hydrogen) atoms. The maximum absolute atomic E-state index is 9.94. The maximum atomic E-state index is 9.94. The molecule has 2 N–H and O–H groups in total. The quantitative estimate of drug-likeness (QED) is 0.872. The number of hydrogen-bond donors (Lipinski definition) is 2. The number of benzene rings is 1. The van der Waals surface area contributed by atoms with E-state index in [4.69, 9.17) is 11.6 Å². The van der Waals surface area contributed by atoms with Gasteiger partial charge in [0.15, 0.2) is 0 Å². The number of hydrogen-bond acceptors (Lipinski definition) is 3. The lowest BCUT2D eigenvalue weighted by Crippen LogP contribution is -2.20. The summed E-state index contributed by atoms with van der Waals surface area (Å²) in [7, 11) is 0. The monoisotopic (exact) mass is 267 g/mol. The second kappa shape index (κ2) is 6.17. The lowest BCUT2D eigenvalue weighted by Gasteiger charge is -2.11. The molecular formula is C13H14ClNOS. The maximum Gasteiger partial charge on any atom is 0.0914 e. The van der Waals surface area contributed by atoms with Crippen molar-refractivity contribution in [3.05, 3.63) is 57.2 Å². The molecule has 0 spiro atoms. The van der Waals surface area contributed by atoms with Crippen LogP contribution >= 0.6 is 22.9 Å². The summed E-state index contributed by atoms with van der Waals surface area (Å²) in [6, 6.07) is 11.4. The van der Waals surface area contributed by atoms with Crippen LogP contribution in [0.3, 0.4) is 0 Å². The van der Waals surface area contributed by atoms with E-state index in [9.17, 15) is 5.11 Å². The Morgan fingerprint density at radius 3 is 2.65 bits per heavy atom. The first-order valence-electron chi connectivity index (χ1n) is 5.42. The fraction of sp³-hybridized carbons (Fsp3) is 0.231. The van der Waals surface area contributed by atoms with Crippen LogP contribution in [0.25, 0.3) is 0 Å². The van der Waals surface area contributed by atoms with Crippen LogP contribution in [0.15, 0.2) is 41.8 Å². The summed E-state index contributed by atoms with van der Waals surface area (Å²) in [4.78, 5) is 1.27. The summed E-state index contributed by atoms with van der Waals surface area (Å²) < 4.78 is 0. The Hall–Kier alpha value is -0.870. The summed E-state index contributed by atoms with van der Waals surface area (Å²) >= 11 is 7.50. The van der Waals surface area contributed by atoms with Gasteiger partial charge in [-0.3, -0.25) is 0 Å². The molecule has 90 valence electrons. The summed E-state index contributed by atoms with van der Waals surface area (Å²) in [5, 5.41) is 15.9. The van der Waals surface area contributed by atoms with E-state index in [0.29, 0.717) is 11.6 Å². The first-order chi connectivity index (χ1) is 8.25. The van der Waals surface area contributed by atoms with Crippen LogP contribution in [0.4, 0.5) is 0 Å². The minimum atomic E-state index is -0.493. The molecule has 1 aromatic carbocycles. The zero-order valence-corrected chi connectivity index (χ0v) is 10.8. The van der Waals surface area contributed by atoms with Crippen LogP contribution in [-0.4, -0.2) is 11.7 Å². The third-order valence-corrected chi connectivity index (χ3v) is 3.60. The highest BCUT2D eigenvalue weighted by Crippen LogP contribution is 2.16. The molecule has 0 saturated heterocycles. The van der Waals surface area contributed by atoms with Gasteiger partial charge in [0, 0.05) is 23.0 Å². The Morgan fingerprint density at radius 2 is 2.00 bits per heavy atom. The van der Waals surface area contributed by atoms with Crippen molar-refractivity contribution in [2.75, 3.05) is 6.54 Å². The molecule has 1 heterocycles. The summed E-state index contributed by atoms with van der Waals surface area (Å²) in [6.07, 6.45) is -0.493. The average molecular weight is 268 g/mol. The highest BCUT2D eigenvalue weighted by Gasteiger charge is 2.06. The van der Waals surface area contributed by atoms with E-state index >= 15 is 0 Å². The Bertz CT molecular complexity index is 441. The average Bonchev–Trinajstić information content (AvgIpc) is 2.83. The van der Waals surface area contributed by atoms with Crippen molar-refractivity contribution in [3.63, 3.8) is 0 Å². The summed E-state index contributed by atoms with van der Waals surface area (Å²) in [5.41, 5.74) is 0.882. The van der Waals surface area contributed by atoms with Crippen LogP contribution in [0.1, 0.15) is 16.5 Å². The zero-order valence-electron chi connectivity index (χ0n) is 9.27. The van der Waals surface area contributed by atoms with Crippen molar-refractivity contribution < 1.29 is 5.11 Å². The predicted octanol–water partition coefficient (Wildman–Crippen LogP) is 3.22. The van der Waals surface area contributed by atoms with Crippen LogP contribution in [0.2, 0.25) is 5.02 Å². The fourth-order valence-electron chi connectivity index (χ4n) is 1.55. The van der Waals surface area contributed by atoms with E-state index in [1.165, 1.54) is 4.88 Å². The van der Waals surface area contributed by atoms with Crippen molar-refractivity contribution in [1.82, 2.24) is 5.32 Å². The molecular weight excluding hydrogens is 254 g/mol. The number of aliphatic hydroxyl groups excluding tert-OH is 1. The number of rotatable bonds is 5. The Kier molecular flexibility index (Phi) is 4.57. The van der Waals surface area contributed by atoms with Crippen LogP contribution in [0.5, 0.6) is 0 Å². The molecule has 1 unspecified atom stereocenters. The van der Waals surface area contributed by atoms with Gasteiger partial charge in [0.1, 0.15) is 0 Å². The number of thiophene rings is 1. The van der Waals surface area contributed by atoms with Crippen molar-refractivity contribution >= 4 is 22.9 Å². The Labute approximate surface area is 110 Å². The minimum Gasteiger partial charge on any atom is -0.387 e. The summed E-state index contributed by atoms with van der Waals surface area (Å²) in [5.74, 6) is 0. The van der Waals surface area contributed by atoms with Gasteiger partial charge in [-0.05, 0) is 29.1 Å². The third kappa shape index (κ3) is 3.82. The van der Waals surface area contributed by atoms with Crippen molar-refractivity contribution in [2.24, 2.45) is 0 Å². The van der Waals surface area contributed by atoms with Gasteiger partial charge in [-0.25, -0.2) is 0 Å². The minimum absolute atomic E-state index is 0.493. The Balaban J connectivity index is 1.81. The molecule has 0 fully saturated rings. The molecule has 0 aliphatic heterocycles. The second-order valence-electron chi connectivity index (χ2n) is 3.78. The molecule has 0 aliphatic rings. The lowest BCUT2D eigenvalue weighted by molar-refractivity contribution is 0.174. The van der Waals surface area contributed by atoms with Gasteiger partial charge >= 0.3 is 0 Å². The van der Waals surface area contributed by atoms with Crippen molar-refractivity contribution in [1.29, 1.82) is 0 Å². The van der Waals surface area contributed by atoms with Crippen LogP contribution in [-0.2, 0) is 6.54 Å². The highest BCUT2D eigenvalue weighted by atomic mass is 35.5. The van der Waals surface area contributed by atoms with E-state index < -0.39 is 6.10 Å². The molecule has 2 rings (SSSR count). The van der Waals surface area contributed by atoms with Gasteiger partial charge in [-0.15, -0.1) is 11.3 Å². The molecule has 2 aromatic rings. The smallest absolute Gasteiger partial charge is 0.0914 e. The number of aliphatic hydroxyl groups is 1. The van der Waals surface area contributed by atoms with E-state index in [1.54, 1.807) is 23.5 Å². The van der Waals surface area contributed by atoms with E-state index in [2.05, 4.69) is 11.4 Å². The van der Waals surface area contributed by atoms with E-state index in [0.717, 1.165) is 12.1 Å². The van der Waals surface area contributed by atoms with Crippen LogP contribution in [0, 0.1) is 0 Å². The molecule has 1 aromatic heterocycles. The lowest BCUT2D eigenvalue weighted by atomic mass is 10.1. The molecule has 2 nitrogen and oxygen atoms in total. The molecule has 0 radical (unpaired) electrons. The first kappa shape index (κ1) is 12.6. The largest absolute Gasteiger partial charge is 0.387 e. The fourth-order valence-corrected chi connectivity index (χ4v) is 2.35. The molecule has 0 aliphatic carbocycles. The topological polar surface area (TPSA) is 32.3 Å². The predicted molar refractivity (Wildman–Crippen MR) is 72.4 cm³/mol. The van der Waals surface area contributed by atoms with E-state index in [-0.39, 0.29) is 0 Å². The van der Waals surface area contributed by atoms with Crippen LogP contribution < -0.4 is 5.32 Å². The SMILES string of the molecule is OC(CNCc1cccs1)c1ccc(Cl)cc1. The van der Waals surface area contributed by atoms with Crippen molar-refractivity contribution in [2.45, 2.75) is 12.6 Å². The normalized spacial score (nSPS) is 12.6. The summed E-state index contributed by atoms with van der Waals surface area (Å²) in [6.45, 7) is 1.34. The molecule has 0 bridgehead atoms. The number of nitrogens with one attached hydrogen (secondary N) is 1.